The van der Waals surface area contributed by atoms with Crippen molar-refractivity contribution in [3.8, 4) is 23.3 Å². The number of carbonyl (C=O) groups excluding carboxylic acids is 1. The van der Waals surface area contributed by atoms with Crippen LogP contribution >= 0.6 is 0 Å². The standard InChI is InChI=1S/C30H22F5N9O2/c1-46-29-40-26-20(14-38-25(24(26)32)19-12-23-16(13-39-42-23)10-21(19)30(33,34)35)27(41-29)43-8-9-44(18(15-43)5-6-36)28(45)22(31)11-17-4-2-3-7-37-17/h2-4,7,10-14,18H,5,8-9,15H2,1H3,(H,39,42)/b22-11-. The van der Waals surface area contributed by atoms with Crippen molar-refractivity contribution < 1.29 is 31.5 Å². The maximum absolute atomic E-state index is 16.2. The number of aromatic amines is 1. The van der Waals surface area contributed by atoms with Crippen molar-refractivity contribution >= 4 is 39.6 Å². The number of nitrogens with one attached hydrogen (secondary N) is 1. The van der Waals surface area contributed by atoms with Gasteiger partial charge >= 0.3 is 12.2 Å². The molecule has 0 saturated carbocycles. The number of carbonyl (C=O) groups is 1. The highest BCUT2D eigenvalue weighted by atomic mass is 19.4. The molecule has 4 aromatic heterocycles. The van der Waals surface area contributed by atoms with Gasteiger partial charge in [-0.25, -0.2) is 8.78 Å². The van der Waals surface area contributed by atoms with Gasteiger partial charge in [0.15, 0.2) is 11.6 Å². The second kappa shape index (κ2) is 12.0. The summed E-state index contributed by atoms with van der Waals surface area (Å²) in [5.74, 6) is -3.02. The number of fused-ring (bicyclic) bond motifs is 2. The van der Waals surface area contributed by atoms with Gasteiger partial charge in [-0.15, -0.1) is 0 Å². The molecule has 1 aliphatic rings. The molecule has 1 amide bonds. The van der Waals surface area contributed by atoms with Gasteiger partial charge in [-0.1, -0.05) is 6.07 Å². The minimum Gasteiger partial charge on any atom is -0.467 e. The molecule has 1 aromatic carbocycles. The van der Waals surface area contributed by atoms with Gasteiger partial charge in [-0.2, -0.15) is 33.5 Å². The van der Waals surface area contributed by atoms with E-state index < -0.39 is 46.6 Å². The van der Waals surface area contributed by atoms with E-state index in [0.717, 1.165) is 24.4 Å². The van der Waals surface area contributed by atoms with Crippen molar-refractivity contribution in [2.75, 3.05) is 31.6 Å². The molecule has 0 radical (unpaired) electrons. The quantitative estimate of drug-likeness (QED) is 0.200. The SMILES string of the molecule is COc1nc(N2CCN(C(=O)/C(F)=C/c3ccccn3)C(CC#N)C2)c2cnc(-c3cc4[nH]ncc4cc3C(F)(F)F)c(F)c2n1. The van der Waals surface area contributed by atoms with Crippen LogP contribution in [0.15, 0.2) is 54.7 Å². The molecular weight excluding hydrogens is 613 g/mol. The van der Waals surface area contributed by atoms with Crippen molar-refractivity contribution in [1.29, 1.82) is 5.26 Å². The highest BCUT2D eigenvalue weighted by Gasteiger charge is 2.37. The lowest BCUT2D eigenvalue weighted by molar-refractivity contribution is -0.137. The Hall–Kier alpha value is -5.72. The zero-order valence-electron chi connectivity index (χ0n) is 23.9. The Morgan fingerprint density at radius 3 is 2.74 bits per heavy atom. The van der Waals surface area contributed by atoms with Gasteiger partial charge in [-0.3, -0.25) is 19.9 Å². The smallest absolute Gasteiger partial charge is 0.417 e. The molecule has 1 unspecified atom stereocenters. The van der Waals surface area contributed by atoms with Crippen LogP contribution < -0.4 is 9.64 Å². The van der Waals surface area contributed by atoms with Gasteiger partial charge in [0.05, 0.1) is 54.0 Å². The number of benzene rings is 1. The fourth-order valence-corrected chi connectivity index (χ4v) is 5.35. The maximum atomic E-state index is 16.2. The third-order valence-electron chi connectivity index (χ3n) is 7.50. The number of nitriles is 1. The highest BCUT2D eigenvalue weighted by molar-refractivity contribution is 5.96. The van der Waals surface area contributed by atoms with Crippen molar-refractivity contribution in [2.45, 2.75) is 18.6 Å². The normalized spacial score (nSPS) is 15.8. The van der Waals surface area contributed by atoms with Crippen LogP contribution in [0.25, 0.3) is 39.1 Å². The van der Waals surface area contributed by atoms with Crippen molar-refractivity contribution in [1.82, 2.24) is 35.0 Å². The lowest BCUT2D eigenvalue weighted by Crippen LogP contribution is -2.55. The molecule has 5 aromatic rings. The molecule has 0 spiro atoms. The number of aromatic nitrogens is 6. The summed E-state index contributed by atoms with van der Waals surface area (Å²) in [4.78, 5) is 32.4. The number of H-pyrrole nitrogens is 1. The van der Waals surface area contributed by atoms with Gasteiger partial charge < -0.3 is 14.5 Å². The number of methoxy groups -OCH3 is 1. The van der Waals surface area contributed by atoms with Crippen LogP contribution in [0.5, 0.6) is 6.01 Å². The molecule has 11 nitrogen and oxygen atoms in total. The van der Waals surface area contributed by atoms with Crippen LogP contribution in [0.2, 0.25) is 0 Å². The Bertz CT molecular complexity index is 2030. The molecule has 46 heavy (non-hydrogen) atoms. The summed E-state index contributed by atoms with van der Waals surface area (Å²) in [5.41, 5.74) is -2.11. The van der Waals surface area contributed by atoms with Crippen molar-refractivity contribution in [2.24, 2.45) is 0 Å². The Balaban J connectivity index is 1.38. The maximum Gasteiger partial charge on any atom is 0.417 e. The summed E-state index contributed by atoms with van der Waals surface area (Å²) in [6, 6.07) is 7.72. The van der Waals surface area contributed by atoms with E-state index in [-0.39, 0.29) is 65.4 Å². The average molecular weight is 636 g/mol. The topological polar surface area (TPSA) is 137 Å². The van der Waals surface area contributed by atoms with Crippen LogP contribution in [0, 0.1) is 17.1 Å². The van der Waals surface area contributed by atoms with Gasteiger partial charge in [0.2, 0.25) is 0 Å². The molecule has 5 heterocycles. The number of hydrogen-bond donors (Lipinski definition) is 1. The summed E-state index contributed by atoms with van der Waals surface area (Å²) in [5, 5.41) is 16.1. The third-order valence-corrected chi connectivity index (χ3v) is 7.50. The number of halogens is 5. The number of hydrogen-bond acceptors (Lipinski definition) is 9. The zero-order valence-corrected chi connectivity index (χ0v) is 23.9. The first-order valence-electron chi connectivity index (χ1n) is 13.7. The second-order valence-electron chi connectivity index (χ2n) is 10.3. The average Bonchev–Trinajstić information content (AvgIpc) is 3.52. The molecule has 1 atom stereocenters. The largest absolute Gasteiger partial charge is 0.467 e. The fraction of sp³-hybridized carbons (Fsp3) is 0.233. The molecule has 0 bridgehead atoms. The van der Waals surface area contributed by atoms with E-state index in [2.05, 4.69) is 30.1 Å². The first kappa shape index (κ1) is 30.3. The monoisotopic (exact) mass is 635 g/mol. The molecule has 1 N–H and O–H groups in total. The highest BCUT2D eigenvalue weighted by Crippen LogP contribution is 2.41. The number of piperazine rings is 1. The molecule has 6 rings (SSSR count). The van der Waals surface area contributed by atoms with E-state index in [1.807, 2.05) is 6.07 Å². The number of amides is 1. The summed E-state index contributed by atoms with van der Waals surface area (Å²) >= 11 is 0. The lowest BCUT2D eigenvalue weighted by atomic mass is 10.00. The number of ether oxygens (including phenoxy) is 1. The van der Waals surface area contributed by atoms with Gasteiger partial charge in [-0.05, 0) is 24.3 Å². The molecule has 16 heteroatoms. The fourth-order valence-electron chi connectivity index (χ4n) is 5.35. The van der Waals surface area contributed by atoms with Crippen molar-refractivity contribution in [3.63, 3.8) is 0 Å². The predicted molar refractivity (Wildman–Crippen MR) is 155 cm³/mol. The van der Waals surface area contributed by atoms with Crippen LogP contribution in [-0.2, 0) is 11.0 Å². The number of pyridine rings is 2. The van der Waals surface area contributed by atoms with E-state index in [4.69, 9.17) is 4.74 Å². The minimum absolute atomic E-state index is 0.0104. The van der Waals surface area contributed by atoms with Crippen LogP contribution in [-0.4, -0.2) is 73.7 Å². The minimum atomic E-state index is -4.84. The number of alkyl halides is 3. The Morgan fingerprint density at radius 1 is 1.20 bits per heavy atom. The second-order valence-corrected chi connectivity index (χ2v) is 10.3. The molecule has 234 valence electrons. The summed E-state index contributed by atoms with van der Waals surface area (Å²) in [7, 11) is 1.24. The lowest BCUT2D eigenvalue weighted by Gasteiger charge is -2.41. The third kappa shape index (κ3) is 5.62. The van der Waals surface area contributed by atoms with E-state index in [1.165, 1.54) is 30.5 Å². The van der Waals surface area contributed by atoms with Gasteiger partial charge in [0.25, 0.3) is 5.91 Å². The molecule has 1 aliphatic heterocycles. The van der Waals surface area contributed by atoms with Crippen molar-refractivity contribution in [3.05, 3.63) is 71.8 Å². The van der Waals surface area contributed by atoms with Crippen LogP contribution in [0.3, 0.4) is 0 Å². The first-order valence-corrected chi connectivity index (χ1v) is 13.7. The Morgan fingerprint density at radius 2 is 2.02 bits per heavy atom. The summed E-state index contributed by atoms with van der Waals surface area (Å²) < 4.78 is 78.6. The first-order chi connectivity index (χ1) is 22.1. The van der Waals surface area contributed by atoms with E-state index in [0.29, 0.717) is 0 Å². The number of rotatable bonds is 6. The number of anilines is 1. The molecule has 1 fully saturated rings. The summed E-state index contributed by atoms with van der Waals surface area (Å²) in [6.45, 7) is 0.0387. The molecule has 0 aliphatic carbocycles. The Labute approximate surface area is 257 Å². The van der Waals surface area contributed by atoms with Crippen LogP contribution in [0.4, 0.5) is 27.8 Å². The molecule has 1 saturated heterocycles. The Kier molecular flexibility index (Phi) is 7.90. The van der Waals surface area contributed by atoms with E-state index >= 15 is 4.39 Å². The van der Waals surface area contributed by atoms with E-state index in [1.54, 1.807) is 17.0 Å². The number of nitrogens with zero attached hydrogens (tertiary/aromatic N) is 8. The van der Waals surface area contributed by atoms with Gasteiger partial charge in [0.1, 0.15) is 17.0 Å². The molecular formula is C30H22F5N9O2. The zero-order chi connectivity index (χ0) is 32.6. The predicted octanol–water partition coefficient (Wildman–Crippen LogP) is 5.07. The summed E-state index contributed by atoms with van der Waals surface area (Å²) in [6.07, 6.45) is -0.160. The van der Waals surface area contributed by atoms with Crippen LogP contribution in [0.1, 0.15) is 17.7 Å². The van der Waals surface area contributed by atoms with E-state index in [9.17, 15) is 27.6 Å². The van der Waals surface area contributed by atoms with Gasteiger partial charge in [0, 0.05) is 49.1 Å².